The largest absolute Gasteiger partial charge is 0.393 e. The van der Waals surface area contributed by atoms with E-state index in [4.69, 9.17) is 18.0 Å². The topological polar surface area (TPSA) is 29.3 Å². The van der Waals surface area contributed by atoms with Crippen LogP contribution in [0.15, 0.2) is 0 Å². The van der Waals surface area contributed by atoms with E-state index in [9.17, 15) is 0 Å². The third kappa shape index (κ3) is 2.92. The first-order chi connectivity index (χ1) is 6.60. The Hall–Kier alpha value is -0.150. The van der Waals surface area contributed by atoms with Gasteiger partial charge < -0.3 is 10.6 Å². The smallest absolute Gasteiger partial charge is 0.0733 e. The van der Waals surface area contributed by atoms with Gasteiger partial charge >= 0.3 is 0 Å². The molecule has 2 fully saturated rings. The second-order valence-electron chi connectivity index (χ2n) is 5.28. The molecule has 0 heterocycles. The first kappa shape index (κ1) is 10.4. The first-order valence-electron chi connectivity index (χ1n) is 5.56. The van der Waals surface area contributed by atoms with E-state index in [1.165, 1.54) is 38.8 Å². The molecule has 0 radical (unpaired) electrons. The summed E-state index contributed by atoms with van der Waals surface area (Å²) in [6, 6.07) is 0. The average molecular weight is 212 g/mol. The van der Waals surface area contributed by atoms with Crippen LogP contribution < -0.4 is 5.73 Å². The zero-order valence-corrected chi connectivity index (χ0v) is 9.78. The molecule has 0 unspecified atom stereocenters. The number of nitrogens with two attached hydrogens (primary N) is 1. The van der Waals surface area contributed by atoms with Crippen molar-refractivity contribution in [2.24, 2.45) is 17.1 Å². The highest BCUT2D eigenvalue weighted by atomic mass is 32.1. The SMILES string of the molecule is CN(CC1CC1)CC1(CC(N)=S)CC1. The summed E-state index contributed by atoms with van der Waals surface area (Å²) in [4.78, 5) is 3.17. The minimum atomic E-state index is 0.468. The van der Waals surface area contributed by atoms with Crippen LogP contribution in [0.25, 0.3) is 0 Å². The quantitative estimate of drug-likeness (QED) is 0.681. The Bertz CT molecular complexity index is 231. The monoisotopic (exact) mass is 212 g/mol. The van der Waals surface area contributed by atoms with Crippen molar-refractivity contribution in [3.63, 3.8) is 0 Å². The van der Waals surface area contributed by atoms with Crippen molar-refractivity contribution in [3.05, 3.63) is 0 Å². The van der Waals surface area contributed by atoms with Gasteiger partial charge in [-0.15, -0.1) is 0 Å². The molecule has 0 saturated heterocycles. The van der Waals surface area contributed by atoms with Gasteiger partial charge in [-0.1, -0.05) is 12.2 Å². The maximum absolute atomic E-state index is 5.62. The molecule has 0 bridgehead atoms. The normalized spacial score (nSPS) is 23.9. The molecule has 2 aliphatic carbocycles. The zero-order chi connectivity index (χ0) is 10.2. The standard InChI is InChI=1S/C11H20N2S/c1-13(7-9-2-3-9)8-11(4-5-11)6-10(12)14/h9H,2-8H2,1H3,(H2,12,14). The van der Waals surface area contributed by atoms with E-state index in [0.29, 0.717) is 10.4 Å². The molecule has 80 valence electrons. The molecule has 2 aliphatic rings. The molecule has 2 nitrogen and oxygen atoms in total. The third-order valence-corrected chi connectivity index (χ3v) is 3.52. The lowest BCUT2D eigenvalue weighted by molar-refractivity contribution is 0.258. The van der Waals surface area contributed by atoms with Crippen molar-refractivity contribution in [2.45, 2.75) is 32.1 Å². The van der Waals surface area contributed by atoms with Crippen LogP contribution in [0.4, 0.5) is 0 Å². The maximum Gasteiger partial charge on any atom is 0.0733 e. The fraction of sp³-hybridized carbons (Fsp3) is 0.909. The van der Waals surface area contributed by atoms with E-state index in [1.807, 2.05) is 0 Å². The van der Waals surface area contributed by atoms with E-state index in [1.54, 1.807) is 0 Å². The highest BCUT2D eigenvalue weighted by Gasteiger charge is 2.43. The van der Waals surface area contributed by atoms with E-state index >= 15 is 0 Å². The molecule has 0 aromatic carbocycles. The van der Waals surface area contributed by atoms with E-state index < -0.39 is 0 Å². The van der Waals surface area contributed by atoms with E-state index in [2.05, 4.69) is 11.9 Å². The van der Waals surface area contributed by atoms with E-state index in [0.717, 1.165) is 12.3 Å². The van der Waals surface area contributed by atoms with Crippen LogP contribution in [0.3, 0.4) is 0 Å². The van der Waals surface area contributed by atoms with Crippen LogP contribution >= 0.6 is 12.2 Å². The van der Waals surface area contributed by atoms with Gasteiger partial charge in [-0.25, -0.2) is 0 Å². The van der Waals surface area contributed by atoms with Gasteiger partial charge in [0.2, 0.25) is 0 Å². The van der Waals surface area contributed by atoms with Crippen LogP contribution in [0, 0.1) is 11.3 Å². The Kier molecular flexibility index (Phi) is 2.80. The minimum Gasteiger partial charge on any atom is -0.393 e. The van der Waals surface area contributed by atoms with Crippen LogP contribution in [0.2, 0.25) is 0 Å². The number of hydrogen-bond acceptors (Lipinski definition) is 2. The Labute approximate surface area is 91.8 Å². The molecular weight excluding hydrogens is 192 g/mol. The number of hydrogen-bond donors (Lipinski definition) is 1. The summed E-state index contributed by atoms with van der Waals surface area (Å²) in [5.74, 6) is 0.987. The van der Waals surface area contributed by atoms with Gasteiger partial charge in [0.15, 0.2) is 0 Å². The van der Waals surface area contributed by atoms with Gasteiger partial charge in [-0.05, 0) is 44.1 Å². The molecule has 2 rings (SSSR count). The van der Waals surface area contributed by atoms with Gasteiger partial charge in [0.05, 0.1) is 4.99 Å². The second-order valence-corrected chi connectivity index (χ2v) is 5.81. The lowest BCUT2D eigenvalue weighted by Crippen LogP contribution is -2.30. The molecule has 0 atom stereocenters. The van der Waals surface area contributed by atoms with Crippen molar-refractivity contribution in [1.29, 1.82) is 0 Å². The molecule has 2 N–H and O–H groups in total. The second kappa shape index (κ2) is 3.78. The van der Waals surface area contributed by atoms with E-state index in [-0.39, 0.29) is 0 Å². The predicted octanol–water partition coefficient (Wildman–Crippen LogP) is 1.78. The summed E-state index contributed by atoms with van der Waals surface area (Å²) in [5, 5.41) is 0. The van der Waals surface area contributed by atoms with Crippen LogP contribution in [0.1, 0.15) is 32.1 Å². The fourth-order valence-corrected chi connectivity index (χ4v) is 2.62. The summed E-state index contributed by atoms with van der Waals surface area (Å²) in [6.07, 6.45) is 6.47. The maximum atomic E-state index is 5.62. The average Bonchev–Trinajstić information content (AvgIpc) is 2.88. The van der Waals surface area contributed by atoms with Crippen LogP contribution in [-0.2, 0) is 0 Å². The molecule has 0 spiro atoms. The van der Waals surface area contributed by atoms with Gasteiger partial charge in [-0.3, -0.25) is 0 Å². The molecule has 2 saturated carbocycles. The highest BCUT2D eigenvalue weighted by molar-refractivity contribution is 7.80. The summed E-state index contributed by atoms with van der Waals surface area (Å²) in [7, 11) is 2.23. The van der Waals surface area contributed by atoms with Crippen molar-refractivity contribution < 1.29 is 0 Å². The Morgan fingerprint density at radius 3 is 2.57 bits per heavy atom. The molecule has 0 amide bonds. The lowest BCUT2D eigenvalue weighted by Gasteiger charge is -2.23. The van der Waals surface area contributed by atoms with Crippen LogP contribution in [0.5, 0.6) is 0 Å². The molecule has 14 heavy (non-hydrogen) atoms. The summed E-state index contributed by atoms with van der Waals surface area (Å²) >= 11 is 5.00. The third-order valence-electron chi connectivity index (χ3n) is 3.38. The van der Waals surface area contributed by atoms with Crippen molar-refractivity contribution >= 4 is 17.2 Å². The predicted molar refractivity (Wildman–Crippen MR) is 63.3 cm³/mol. The van der Waals surface area contributed by atoms with Gasteiger partial charge in [0.1, 0.15) is 0 Å². The fourth-order valence-electron chi connectivity index (χ4n) is 2.32. The Balaban J connectivity index is 1.74. The molecular formula is C11H20N2S. The zero-order valence-electron chi connectivity index (χ0n) is 8.96. The van der Waals surface area contributed by atoms with Gasteiger partial charge in [0.25, 0.3) is 0 Å². The van der Waals surface area contributed by atoms with Crippen LogP contribution in [-0.4, -0.2) is 30.0 Å². The first-order valence-corrected chi connectivity index (χ1v) is 5.97. The van der Waals surface area contributed by atoms with Crippen molar-refractivity contribution in [1.82, 2.24) is 4.90 Å². The Morgan fingerprint density at radius 1 is 1.50 bits per heavy atom. The molecule has 0 aromatic heterocycles. The number of nitrogens with zero attached hydrogens (tertiary/aromatic N) is 1. The minimum absolute atomic E-state index is 0.468. The lowest BCUT2D eigenvalue weighted by atomic mass is 10.0. The van der Waals surface area contributed by atoms with Gasteiger partial charge in [-0.2, -0.15) is 0 Å². The summed E-state index contributed by atoms with van der Waals surface area (Å²) in [6.45, 7) is 2.47. The van der Waals surface area contributed by atoms with Crippen molar-refractivity contribution in [3.8, 4) is 0 Å². The number of rotatable bonds is 6. The highest BCUT2D eigenvalue weighted by Crippen LogP contribution is 2.49. The Morgan fingerprint density at radius 2 is 2.14 bits per heavy atom. The summed E-state index contributed by atoms with van der Waals surface area (Å²) < 4.78 is 0. The molecule has 3 heteroatoms. The summed E-state index contributed by atoms with van der Waals surface area (Å²) in [5.41, 5.74) is 6.09. The van der Waals surface area contributed by atoms with Gasteiger partial charge in [0, 0.05) is 19.5 Å². The molecule has 0 aromatic rings. The van der Waals surface area contributed by atoms with Crippen molar-refractivity contribution in [2.75, 3.05) is 20.1 Å². The molecule has 0 aliphatic heterocycles. The number of thiocarbonyl (C=S) groups is 1.